The maximum atomic E-state index is 14.4. The molecule has 1 atom stereocenters. The Labute approximate surface area is 162 Å². The molecule has 1 aliphatic rings. The van der Waals surface area contributed by atoms with E-state index in [0.717, 1.165) is 29.2 Å². The molecule has 5 heteroatoms. The predicted octanol–water partition coefficient (Wildman–Crippen LogP) is 4.79. The van der Waals surface area contributed by atoms with Crippen molar-refractivity contribution in [3.8, 4) is 11.5 Å². The molecule has 3 aromatic rings. The summed E-state index contributed by atoms with van der Waals surface area (Å²) in [5, 5.41) is 3.33. The quantitative estimate of drug-likeness (QED) is 0.689. The average molecular weight is 381 g/mol. The van der Waals surface area contributed by atoms with Gasteiger partial charge in [0.05, 0.1) is 13.2 Å². The van der Waals surface area contributed by atoms with Crippen LogP contribution in [0.2, 0.25) is 0 Å². The smallest absolute Gasteiger partial charge is 0.162 e. The fourth-order valence-corrected chi connectivity index (χ4v) is 3.58. The predicted molar refractivity (Wildman–Crippen MR) is 104 cm³/mol. The number of ether oxygens (including phenoxy) is 2. The molecular weight excluding hydrogens is 360 g/mol. The van der Waals surface area contributed by atoms with E-state index in [1.807, 2.05) is 42.5 Å². The lowest BCUT2D eigenvalue weighted by molar-refractivity contribution is 0.283. The van der Waals surface area contributed by atoms with Crippen LogP contribution in [-0.2, 0) is 13.0 Å². The maximum absolute atomic E-state index is 14.4. The van der Waals surface area contributed by atoms with Crippen molar-refractivity contribution in [1.82, 2.24) is 5.32 Å². The summed E-state index contributed by atoms with van der Waals surface area (Å²) in [4.78, 5) is 0. The second-order valence-electron chi connectivity index (χ2n) is 6.78. The van der Waals surface area contributed by atoms with Crippen molar-refractivity contribution in [2.45, 2.75) is 19.1 Å². The van der Waals surface area contributed by atoms with Gasteiger partial charge in [0.25, 0.3) is 0 Å². The van der Waals surface area contributed by atoms with Gasteiger partial charge in [-0.15, -0.1) is 0 Å². The number of nitrogens with one attached hydrogen (secondary N) is 1. The summed E-state index contributed by atoms with van der Waals surface area (Å²) < 4.78 is 39.3. The Morgan fingerprint density at radius 2 is 1.79 bits per heavy atom. The first-order valence-electron chi connectivity index (χ1n) is 9.21. The molecule has 28 heavy (non-hydrogen) atoms. The summed E-state index contributed by atoms with van der Waals surface area (Å²) in [5.41, 5.74) is 3.44. The molecule has 0 aliphatic carbocycles. The molecule has 3 aromatic carbocycles. The van der Waals surface area contributed by atoms with E-state index in [9.17, 15) is 8.78 Å². The van der Waals surface area contributed by atoms with Crippen LogP contribution in [0.25, 0.3) is 0 Å². The summed E-state index contributed by atoms with van der Waals surface area (Å²) in [5.74, 6) is 0.100. The van der Waals surface area contributed by atoms with Gasteiger partial charge >= 0.3 is 0 Å². The summed E-state index contributed by atoms with van der Waals surface area (Å²) in [6, 6.07) is 17.0. The third-order valence-corrected chi connectivity index (χ3v) is 4.99. The van der Waals surface area contributed by atoms with Gasteiger partial charge in [0.15, 0.2) is 11.5 Å². The van der Waals surface area contributed by atoms with Gasteiger partial charge in [0, 0.05) is 18.2 Å². The van der Waals surface area contributed by atoms with E-state index in [2.05, 4.69) is 5.32 Å². The fourth-order valence-electron chi connectivity index (χ4n) is 3.58. The van der Waals surface area contributed by atoms with E-state index >= 15 is 0 Å². The molecule has 1 unspecified atom stereocenters. The second-order valence-corrected chi connectivity index (χ2v) is 6.78. The fraction of sp³-hybridized carbons (Fsp3) is 0.217. The number of benzene rings is 3. The van der Waals surface area contributed by atoms with Crippen LogP contribution < -0.4 is 14.8 Å². The van der Waals surface area contributed by atoms with Crippen LogP contribution in [-0.4, -0.2) is 13.7 Å². The van der Waals surface area contributed by atoms with Crippen LogP contribution in [0.3, 0.4) is 0 Å². The average Bonchev–Trinajstić information content (AvgIpc) is 2.72. The first kappa shape index (κ1) is 18.4. The molecule has 0 radical (unpaired) electrons. The topological polar surface area (TPSA) is 30.5 Å². The molecule has 0 fully saturated rings. The first-order valence-corrected chi connectivity index (χ1v) is 9.21. The second kappa shape index (κ2) is 7.98. The largest absolute Gasteiger partial charge is 0.493 e. The lowest BCUT2D eigenvalue weighted by Crippen LogP contribution is -2.31. The summed E-state index contributed by atoms with van der Waals surface area (Å²) >= 11 is 0. The Bertz CT molecular complexity index is 976. The monoisotopic (exact) mass is 381 g/mol. The zero-order chi connectivity index (χ0) is 19.5. The van der Waals surface area contributed by atoms with Crippen molar-refractivity contribution in [3.05, 3.63) is 94.6 Å². The van der Waals surface area contributed by atoms with E-state index in [-0.39, 0.29) is 6.04 Å². The standard InChI is InChI=1S/C23H21F2NO2/c1-27-21-11-16-9-10-26-23(18-8-7-17(24)12-20(18)25)19(16)13-22(21)28-14-15-5-3-2-4-6-15/h2-8,11-13,23,26H,9-10,14H2,1H3. The highest BCUT2D eigenvalue weighted by Gasteiger charge is 2.26. The Hall–Kier alpha value is -2.92. The third kappa shape index (κ3) is 3.71. The van der Waals surface area contributed by atoms with Crippen molar-refractivity contribution in [2.75, 3.05) is 13.7 Å². The van der Waals surface area contributed by atoms with Crippen LogP contribution >= 0.6 is 0 Å². The van der Waals surface area contributed by atoms with Gasteiger partial charge in [-0.3, -0.25) is 0 Å². The van der Waals surface area contributed by atoms with Crippen LogP contribution in [0, 0.1) is 11.6 Å². The first-order chi connectivity index (χ1) is 13.7. The lowest BCUT2D eigenvalue weighted by Gasteiger charge is -2.29. The van der Waals surface area contributed by atoms with Crippen LogP contribution in [0.15, 0.2) is 60.7 Å². The Balaban J connectivity index is 1.69. The normalized spacial score (nSPS) is 15.8. The Morgan fingerprint density at radius 3 is 2.54 bits per heavy atom. The maximum Gasteiger partial charge on any atom is 0.162 e. The molecule has 3 nitrogen and oxygen atoms in total. The van der Waals surface area contributed by atoms with Gasteiger partial charge in [0.1, 0.15) is 18.2 Å². The van der Waals surface area contributed by atoms with E-state index in [1.165, 1.54) is 12.1 Å². The number of rotatable bonds is 5. The minimum Gasteiger partial charge on any atom is -0.493 e. The van der Waals surface area contributed by atoms with E-state index in [1.54, 1.807) is 7.11 Å². The van der Waals surface area contributed by atoms with E-state index in [4.69, 9.17) is 9.47 Å². The molecule has 4 rings (SSSR count). The molecule has 0 saturated heterocycles. The summed E-state index contributed by atoms with van der Waals surface area (Å²) in [7, 11) is 1.61. The van der Waals surface area contributed by atoms with Gasteiger partial charge in [0.2, 0.25) is 0 Å². The molecule has 0 spiro atoms. The van der Waals surface area contributed by atoms with Crippen LogP contribution in [0.4, 0.5) is 8.78 Å². The zero-order valence-corrected chi connectivity index (χ0v) is 15.5. The molecule has 1 N–H and O–H groups in total. The summed E-state index contributed by atoms with van der Waals surface area (Å²) in [6.07, 6.45) is 0.796. The number of halogens is 2. The van der Waals surface area contributed by atoms with Crippen molar-refractivity contribution in [2.24, 2.45) is 0 Å². The zero-order valence-electron chi connectivity index (χ0n) is 15.5. The highest BCUT2D eigenvalue weighted by molar-refractivity contribution is 5.51. The van der Waals surface area contributed by atoms with Crippen LogP contribution in [0.1, 0.15) is 28.3 Å². The lowest BCUT2D eigenvalue weighted by atomic mass is 9.89. The number of fused-ring (bicyclic) bond motifs is 1. The highest BCUT2D eigenvalue weighted by atomic mass is 19.1. The van der Waals surface area contributed by atoms with Gasteiger partial charge in [-0.1, -0.05) is 36.4 Å². The van der Waals surface area contributed by atoms with Crippen molar-refractivity contribution >= 4 is 0 Å². The molecule has 0 saturated carbocycles. The molecule has 144 valence electrons. The van der Waals surface area contributed by atoms with E-state index in [0.29, 0.717) is 30.2 Å². The Morgan fingerprint density at radius 1 is 0.964 bits per heavy atom. The number of hydrogen-bond acceptors (Lipinski definition) is 3. The van der Waals surface area contributed by atoms with Gasteiger partial charge in [-0.05, 0) is 41.3 Å². The van der Waals surface area contributed by atoms with Gasteiger partial charge in [-0.2, -0.15) is 0 Å². The molecule has 0 aromatic heterocycles. The minimum absolute atomic E-state index is 0.366. The third-order valence-electron chi connectivity index (χ3n) is 4.99. The molecule has 0 amide bonds. The van der Waals surface area contributed by atoms with Crippen molar-refractivity contribution in [3.63, 3.8) is 0 Å². The van der Waals surface area contributed by atoms with E-state index < -0.39 is 11.6 Å². The Kier molecular flexibility index (Phi) is 5.26. The number of hydrogen-bond donors (Lipinski definition) is 1. The van der Waals surface area contributed by atoms with Gasteiger partial charge in [-0.25, -0.2) is 8.78 Å². The summed E-state index contributed by atoms with van der Waals surface area (Å²) in [6.45, 7) is 1.10. The van der Waals surface area contributed by atoms with Crippen molar-refractivity contribution in [1.29, 1.82) is 0 Å². The minimum atomic E-state index is -0.584. The molecule has 1 aliphatic heterocycles. The number of methoxy groups -OCH3 is 1. The highest BCUT2D eigenvalue weighted by Crippen LogP contribution is 2.38. The SMILES string of the molecule is COc1cc2c(cc1OCc1ccccc1)C(c1ccc(F)cc1F)NCC2. The molecular formula is C23H21F2NO2. The van der Waals surface area contributed by atoms with Crippen LogP contribution in [0.5, 0.6) is 11.5 Å². The van der Waals surface area contributed by atoms with Crippen molar-refractivity contribution < 1.29 is 18.3 Å². The molecule has 0 bridgehead atoms. The van der Waals surface area contributed by atoms with Gasteiger partial charge < -0.3 is 14.8 Å². The molecule has 1 heterocycles.